The van der Waals surface area contributed by atoms with Crippen molar-refractivity contribution in [3.63, 3.8) is 0 Å². The summed E-state index contributed by atoms with van der Waals surface area (Å²) in [6.45, 7) is 8.09. The maximum atomic E-state index is 16.1. The Morgan fingerprint density at radius 2 is 0.435 bits per heavy atom. The Kier molecular flexibility index (Phi) is 52.5. The second-order valence-corrected chi connectivity index (χ2v) is 32.6. The summed E-state index contributed by atoms with van der Waals surface area (Å²) in [5.74, 6) is -35.0. The molecular weight excluding hydrogens is 1990 g/mol. The number of amides is 3. The molecule has 59 heteroatoms. The summed E-state index contributed by atoms with van der Waals surface area (Å²) < 4.78 is 165. The number of nitrogens with one attached hydrogen (secondary N) is 3. The summed E-state index contributed by atoms with van der Waals surface area (Å²) in [5, 5.41) is 6.92. The predicted molar refractivity (Wildman–Crippen MR) is 465 cm³/mol. The van der Waals surface area contributed by atoms with Crippen molar-refractivity contribution in [3.8, 4) is 0 Å². The lowest BCUT2D eigenvalue weighted by atomic mass is 9.86. The van der Waals surface area contributed by atoms with Crippen molar-refractivity contribution in [1.29, 1.82) is 0 Å². The Morgan fingerprint density at radius 1 is 0.238 bits per heavy atom. The van der Waals surface area contributed by atoms with E-state index in [0.29, 0.717) is 41.5 Å². The summed E-state index contributed by atoms with van der Waals surface area (Å²) in [6.07, 6.45) is -63.7. The summed E-state index contributed by atoms with van der Waals surface area (Å²) >= 11 is 0. The first-order valence-corrected chi connectivity index (χ1v) is 44.7. The van der Waals surface area contributed by atoms with E-state index in [-0.39, 0.29) is 6.42 Å². The lowest BCUT2D eigenvalue weighted by molar-refractivity contribution is -0.331. The highest BCUT2D eigenvalue weighted by molar-refractivity contribution is 5.87. The van der Waals surface area contributed by atoms with Crippen molar-refractivity contribution >= 4 is 155 Å². The molecule has 826 valence electrons. The van der Waals surface area contributed by atoms with Crippen LogP contribution in [0.2, 0.25) is 0 Å². The molecule has 0 spiro atoms. The average molecular weight is 2120 g/mol. The number of hydrogen-bond acceptors (Lipinski definition) is 56. The summed E-state index contributed by atoms with van der Waals surface area (Å²) in [4.78, 5) is 353. The van der Waals surface area contributed by atoms with Crippen LogP contribution < -0.4 is 21.7 Å². The molecule has 3 fully saturated rings. The van der Waals surface area contributed by atoms with Crippen LogP contribution in [0, 0.1) is 5.41 Å². The Balaban J connectivity index is 2.87. The van der Waals surface area contributed by atoms with E-state index in [9.17, 15) is 110 Å². The zero-order chi connectivity index (χ0) is 112. The summed E-state index contributed by atoms with van der Waals surface area (Å²) in [6, 6.07) is 0. The van der Waals surface area contributed by atoms with Gasteiger partial charge in [-0.1, -0.05) is 6.92 Å². The molecule has 0 aromatic carbocycles. The molecule has 27 unspecified atom stereocenters. The predicted octanol–water partition coefficient (Wildman–Crippen LogP) is -4.39. The van der Waals surface area contributed by atoms with Gasteiger partial charge in [0.25, 0.3) is 17.7 Å². The van der Waals surface area contributed by atoms with E-state index in [1.807, 2.05) is 0 Å². The van der Waals surface area contributed by atoms with E-state index in [4.69, 9.17) is 143 Å². The van der Waals surface area contributed by atoms with Gasteiger partial charge in [-0.3, -0.25) is 125 Å². The summed E-state index contributed by atoms with van der Waals surface area (Å²) in [7, 11) is 0. The van der Waals surface area contributed by atoms with Gasteiger partial charge in [-0.15, -0.1) is 0 Å². The second kappa shape index (κ2) is 60.8. The molecule has 147 heavy (non-hydrogen) atoms. The minimum atomic E-state index is -2.93. The normalized spacial score (nSPS) is 23.1. The SMILES string of the molecule is CCC1OC(OC(C(COC(C)=O)OC(C)=O)C(OC(C)=O)C(OC(C)=O)C(=O)NCC(CN)(CNC(=O)C(OC(C)=O)C(OC(C)=O)C(OC2OC(COC(C)=O)C(OC(C)=O)C(OC(C)=O)C2OC(C)=O)C(COC(C)=O)OC(C)=O)CNC(=O)C(OC(C)=O)C(OC(C)=O)C(OC2OC(COC(C)=O)C(OC(C)=O)C(OC(C)=O)C2OC(C)=O)C(COC(C)=O)OC(C)=O)C(OC(C)=O)C(OC(C)=O)C1OC(C)=O. The first-order chi connectivity index (χ1) is 68.4. The lowest BCUT2D eigenvalue weighted by Crippen LogP contribution is -2.66. The zero-order valence-corrected chi connectivity index (χ0v) is 84.7. The van der Waals surface area contributed by atoms with Crippen LogP contribution in [0.4, 0.5) is 0 Å². The molecule has 3 amide bonds. The average Bonchev–Trinajstić information content (AvgIpc) is 0.778. The Bertz CT molecular complexity index is 4510. The van der Waals surface area contributed by atoms with Gasteiger partial charge in [-0.05, 0) is 6.42 Å². The Labute approximate surface area is 838 Å². The van der Waals surface area contributed by atoms with E-state index >= 15 is 14.4 Å². The maximum Gasteiger partial charge on any atom is 0.303 e. The monoisotopic (exact) mass is 2120 g/mol. The van der Waals surface area contributed by atoms with Crippen molar-refractivity contribution in [1.82, 2.24) is 16.0 Å². The van der Waals surface area contributed by atoms with Crippen LogP contribution >= 0.6 is 0 Å². The van der Waals surface area contributed by atoms with Crippen LogP contribution in [0.25, 0.3) is 0 Å². The molecule has 59 nitrogen and oxygen atoms in total. The number of esters is 23. The molecule has 0 radical (unpaired) electrons. The van der Waals surface area contributed by atoms with Crippen molar-refractivity contribution < 1.29 is 262 Å². The van der Waals surface area contributed by atoms with Crippen LogP contribution in [-0.2, 0) is 262 Å². The van der Waals surface area contributed by atoms with Gasteiger partial charge in [0, 0.05) is 191 Å². The molecular formula is C88H124N4O55. The van der Waals surface area contributed by atoms with E-state index in [1.54, 1.807) is 0 Å². The third kappa shape index (κ3) is 43.6. The third-order valence-corrected chi connectivity index (χ3v) is 19.8. The fraction of sp³-hybridized carbons (Fsp3) is 0.705. The van der Waals surface area contributed by atoms with Gasteiger partial charge in [-0.2, -0.15) is 0 Å². The topological polar surface area (TPSA) is 774 Å². The second-order valence-electron chi connectivity index (χ2n) is 32.6. The number of ether oxygens (including phenoxy) is 29. The van der Waals surface area contributed by atoms with Gasteiger partial charge >= 0.3 is 137 Å². The molecule has 0 aromatic heterocycles. The molecule has 3 heterocycles. The van der Waals surface area contributed by atoms with E-state index in [2.05, 4.69) is 16.0 Å². The molecule has 5 N–H and O–H groups in total. The first-order valence-electron chi connectivity index (χ1n) is 44.7. The van der Waals surface area contributed by atoms with Gasteiger partial charge in [0.1, 0.15) is 69.7 Å². The van der Waals surface area contributed by atoms with Crippen molar-refractivity contribution in [2.45, 2.75) is 338 Å². The van der Waals surface area contributed by atoms with Crippen molar-refractivity contribution in [3.05, 3.63) is 0 Å². The van der Waals surface area contributed by atoms with Crippen LogP contribution in [0.3, 0.4) is 0 Å². The molecule has 3 rings (SSSR count). The fourth-order valence-electron chi connectivity index (χ4n) is 14.7. The van der Waals surface area contributed by atoms with Crippen LogP contribution in [-0.4, -0.2) is 380 Å². The standard InChI is InChI=1S/C88H124N4O55/c1-25-58-64(127-43(10)101)73(133-49(16)107)79(139-55(22)113)85(142-58)145-67(59(124-40(7)98)26-119-35(2)93)70(130-46(13)104)76(136-52(19)110)82(116)90-32-88(31-89,33-91-83(117)77(137-53(20)111)71(131-47(14)105)68(60(125-41(8)99)27-120-36(3)94)146-86-80(140-56(23)114)74(134-50(17)108)65(128-44(11)102)62(143-86)29-122-38(5)96)34-92-84(118)78(138-54(21)112)72(132-48(15)106)69(61(126-42(9)100)28-121-37(4)95)147-87-81(141-57(24)115)75(135-51(18)109)66(129-45(12)103)63(144-87)30-123-39(6)97/h58-81,85-87H,25-34,89H2,1-24H3,(H,90,116)(H,91,117)(H,92,118). The molecule has 3 saturated heterocycles. The molecule has 0 saturated carbocycles. The highest BCUT2D eigenvalue weighted by Crippen LogP contribution is 2.39. The molecule has 0 aliphatic carbocycles. The number of rotatable bonds is 54. The Morgan fingerprint density at radius 3 is 0.626 bits per heavy atom. The van der Waals surface area contributed by atoms with Crippen LogP contribution in [0.5, 0.6) is 0 Å². The van der Waals surface area contributed by atoms with Gasteiger partial charge < -0.3 is 159 Å². The first kappa shape index (κ1) is 127. The van der Waals surface area contributed by atoms with Gasteiger partial charge in [0.2, 0.25) is 18.3 Å². The molecule has 3 aliphatic heterocycles. The smallest absolute Gasteiger partial charge is 0.303 e. The zero-order valence-electron chi connectivity index (χ0n) is 84.7. The Hall–Kier alpha value is -14.1. The van der Waals surface area contributed by atoms with Crippen LogP contribution in [0.1, 0.15) is 173 Å². The quantitative estimate of drug-likeness (QED) is 0.0330. The molecule has 0 aromatic rings. The highest BCUT2D eigenvalue weighted by atomic mass is 16.8. The lowest BCUT2D eigenvalue weighted by Gasteiger charge is -2.46. The van der Waals surface area contributed by atoms with E-state index in [1.165, 1.54) is 6.92 Å². The number of carbonyl (C=O) groups excluding carboxylic acids is 26. The highest BCUT2D eigenvalue weighted by Gasteiger charge is 2.61. The van der Waals surface area contributed by atoms with Gasteiger partial charge in [-0.25, -0.2) is 0 Å². The maximum absolute atomic E-state index is 16.1. The number of carbonyl (C=O) groups is 26. The summed E-state index contributed by atoms with van der Waals surface area (Å²) in [5.41, 5.74) is 4.11. The van der Waals surface area contributed by atoms with E-state index < -0.39 is 385 Å². The molecule has 3 aliphatic rings. The fourth-order valence-corrected chi connectivity index (χ4v) is 14.7. The van der Waals surface area contributed by atoms with Crippen LogP contribution in [0.15, 0.2) is 0 Å². The molecule has 0 bridgehead atoms. The number of nitrogens with two attached hydrogens (primary N) is 1. The van der Waals surface area contributed by atoms with Gasteiger partial charge in [0.05, 0.1) is 0 Å². The minimum Gasteiger partial charge on any atom is -0.463 e. The van der Waals surface area contributed by atoms with E-state index in [0.717, 1.165) is 118 Å². The molecule has 27 atom stereocenters. The number of hydrogen-bond donors (Lipinski definition) is 4. The minimum absolute atomic E-state index is 0.234. The van der Waals surface area contributed by atoms with Crippen molar-refractivity contribution in [2.75, 3.05) is 59.2 Å². The van der Waals surface area contributed by atoms with Gasteiger partial charge in [0.15, 0.2) is 110 Å². The largest absolute Gasteiger partial charge is 0.463 e. The third-order valence-electron chi connectivity index (χ3n) is 19.8. The van der Waals surface area contributed by atoms with Crippen molar-refractivity contribution in [2.24, 2.45) is 11.1 Å².